The molecule has 1 heterocycles. The van der Waals surface area contributed by atoms with Crippen molar-refractivity contribution in [2.75, 3.05) is 11.9 Å². The van der Waals surface area contributed by atoms with Gasteiger partial charge in [0.05, 0.1) is 5.69 Å². The van der Waals surface area contributed by atoms with Crippen LogP contribution in [0.2, 0.25) is 0 Å². The molecule has 20 heavy (non-hydrogen) atoms. The van der Waals surface area contributed by atoms with Crippen LogP contribution in [0, 0.1) is 5.92 Å². The summed E-state index contributed by atoms with van der Waals surface area (Å²) in [5.74, 6) is 0.330. The second-order valence-electron chi connectivity index (χ2n) is 4.87. The van der Waals surface area contributed by atoms with Gasteiger partial charge in [-0.3, -0.25) is 0 Å². The molecule has 5 nitrogen and oxygen atoms in total. The van der Waals surface area contributed by atoms with Crippen molar-refractivity contribution in [3.05, 3.63) is 18.3 Å². The van der Waals surface area contributed by atoms with Crippen molar-refractivity contribution in [3.63, 3.8) is 0 Å². The Bertz CT molecular complexity index is 513. The van der Waals surface area contributed by atoms with Crippen LogP contribution in [0.5, 0.6) is 0 Å². The summed E-state index contributed by atoms with van der Waals surface area (Å²) in [7, 11) is -3.60. The van der Waals surface area contributed by atoms with Gasteiger partial charge in [-0.2, -0.15) is 0 Å². The van der Waals surface area contributed by atoms with Gasteiger partial charge in [0.2, 0.25) is 0 Å². The average molecular weight is 299 g/mol. The Morgan fingerprint density at radius 1 is 1.25 bits per heavy atom. The molecule has 0 aliphatic carbocycles. The SMILES string of the molecule is CCNc1cccnc1S(=O)(=O)NC(C)C(CC)CC. The van der Waals surface area contributed by atoms with Crippen LogP contribution in [0.15, 0.2) is 23.4 Å². The lowest BCUT2D eigenvalue weighted by Crippen LogP contribution is -2.38. The minimum Gasteiger partial charge on any atom is -0.383 e. The number of pyridine rings is 1. The minimum absolute atomic E-state index is 0.0691. The van der Waals surface area contributed by atoms with Gasteiger partial charge in [0.15, 0.2) is 5.03 Å². The fourth-order valence-corrected chi connectivity index (χ4v) is 3.75. The molecule has 1 rings (SSSR count). The Morgan fingerprint density at radius 2 is 1.90 bits per heavy atom. The van der Waals surface area contributed by atoms with Crippen LogP contribution in [0.3, 0.4) is 0 Å². The maximum Gasteiger partial charge on any atom is 0.260 e. The molecule has 1 aromatic heterocycles. The van der Waals surface area contributed by atoms with Gasteiger partial charge < -0.3 is 5.32 Å². The van der Waals surface area contributed by atoms with E-state index in [-0.39, 0.29) is 11.1 Å². The Hall–Kier alpha value is -1.14. The highest BCUT2D eigenvalue weighted by Gasteiger charge is 2.25. The fraction of sp³-hybridized carbons (Fsp3) is 0.643. The van der Waals surface area contributed by atoms with Crippen molar-refractivity contribution in [2.24, 2.45) is 5.92 Å². The molecule has 0 saturated heterocycles. The Kier molecular flexibility index (Phi) is 6.42. The average Bonchev–Trinajstić information content (AvgIpc) is 2.40. The van der Waals surface area contributed by atoms with Crippen molar-refractivity contribution in [1.29, 1.82) is 0 Å². The van der Waals surface area contributed by atoms with Gasteiger partial charge in [-0.15, -0.1) is 0 Å². The van der Waals surface area contributed by atoms with Crippen LogP contribution < -0.4 is 10.0 Å². The number of rotatable bonds is 8. The minimum atomic E-state index is -3.60. The summed E-state index contributed by atoms with van der Waals surface area (Å²) in [6.45, 7) is 8.62. The standard InChI is InChI=1S/C14H25N3O2S/c1-5-12(6-2)11(4)17-20(18,19)14-13(15-7-3)9-8-10-16-14/h8-12,15,17H,5-7H2,1-4H3. The van der Waals surface area contributed by atoms with E-state index >= 15 is 0 Å². The van der Waals surface area contributed by atoms with Crippen molar-refractivity contribution in [1.82, 2.24) is 9.71 Å². The second kappa shape index (κ2) is 7.59. The van der Waals surface area contributed by atoms with Crippen LogP contribution in [-0.4, -0.2) is 26.0 Å². The normalized spacial score (nSPS) is 13.4. The molecule has 0 saturated carbocycles. The maximum atomic E-state index is 12.5. The van der Waals surface area contributed by atoms with Crippen LogP contribution in [0.25, 0.3) is 0 Å². The Labute approximate surface area is 122 Å². The molecule has 6 heteroatoms. The van der Waals surface area contributed by atoms with Crippen molar-refractivity contribution >= 4 is 15.7 Å². The first-order chi connectivity index (χ1) is 9.46. The third-order valence-electron chi connectivity index (χ3n) is 3.49. The molecule has 0 aliphatic heterocycles. The summed E-state index contributed by atoms with van der Waals surface area (Å²) in [4.78, 5) is 4.02. The summed E-state index contributed by atoms with van der Waals surface area (Å²) in [6.07, 6.45) is 3.39. The summed E-state index contributed by atoms with van der Waals surface area (Å²) in [6, 6.07) is 3.35. The summed E-state index contributed by atoms with van der Waals surface area (Å²) in [5, 5.41) is 3.10. The van der Waals surface area contributed by atoms with E-state index in [1.165, 1.54) is 6.20 Å². The zero-order valence-electron chi connectivity index (χ0n) is 12.7. The fourth-order valence-electron chi connectivity index (χ4n) is 2.32. The molecule has 114 valence electrons. The van der Waals surface area contributed by atoms with Gasteiger partial charge in [-0.1, -0.05) is 26.7 Å². The second-order valence-corrected chi connectivity index (χ2v) is 6.50. The van der Waals surface area contributed by atoms with Gasteiger partial charge in [0.25, 0.3) is 10.0 Å². The molecule has 0 bridgehead atoms. The molecule has 1 aromatic rings. The predicted molar refractivity (Wildman–Crippen MR) is 82.3 cm³/mol. The van der Waals surface area contributed by atoms with Gasteiger partial charge in [-0.25, -0.2) is 18.1 Å². The first-order valence-electron chi connectivity index (χ1n) is 7.17. The van der Waals surface area contributed by atoms with Crippen LogP contribution in [0.1, 0.15) is 40.5 Å². The summed E-state index contributed by atoms with van der Waals surface area (Å²) in [5.41, 5.74) is 0.541. The molecule has 0 radical (unpaired) electrons. The van der Waals surface area contributed by atoms with Crippen LogP contribution in [0.4, 0.5) is 5.69 Å². The largest absolute Gasteiger partial charge is 0.383 e. The smallest absolute Gasteiger partial charge is 0.260 e. The molecule has 0 aromatic carbocycles. The zero-order chi connectivity index (χ0) is 15.2. The topological polar surface area (TPSA) is 71.1 Å². The molecule has 0 aliphatic rings. The lowest BCUT2D eigenvalue weighted by molar-refractivity contribution is 0.390. The van der Waals surface area contributed by atoms with Gasteiger partial charge in [0, 0.05) is 18.8 Å². The lowest BCUT2D eigenvalue weighted by atomic mass is 9.96. The maximum absolute atomic E-state index is 12.5. The number of nitrogens with zero attached hydrogens (tertiary/aromatic N) is 1. The quantitative estimate of drug-likeness (QED) is 0.774. The number of sulfonamides is 1. The van der Waals surface area contributed by atoms with Crippen LogP contribution >= 0.6 is 0 Å². The molecule has 0 amide bonds. The molecular formula is C14H25N3O2S. The van der Waals surface area contributed by atoms with Gasteiger partial charge in [0.1, 0.15) is 0 Å². The number of anilines is 1. The van der Waals surface area contributed by atoms with Gasteiger partial charge >= 0.3 is 0 Å². The summed E-state index contributed by atoms with van der Waals surface area (Å²) >= 11 is 0. The third-order valence-corrected chi connectivity index (χ3v) is 5.01. The van der Waals surface area contributed by atoms with Crippen molar-refractivity contribution < 1.29 is 8.42 Å². The van der Waals surface area contributed by atoms with Crippen LogP contribution in [-0.2, 0) is 10.0 Å². The highest BCUT2D eigenvalue weighted by atomic mass is 32.2. The number of hydrogen-bond donors (Lipinski definition) is 2. The van der Waals surface area contributed by atoms with E-state index in [9.17, 15) is 8.42 Å². The van der Waals surface area contributed by atoms with E-state index in [0.29, 0.717) is 18.2 Å². The first-order valence-corrected chi connectivity index (χ1v) is 8.65. The number of nitrogens with one attached hydrogen (secondary N) is 2. The van der Waals surface area contributed by atoms with E-state index < -0.39 is 10.0 Å². The molecule has 2 N–H and O–H groups in total. The first kappa shape index (κ1) is 16.9. The van der Waals surface area contributed by atoms with E-state index in [1.807, 2.05) is 13.8 Å². The highest BCUT2D eigenvalue weighted by Crippen LogP contribution is 2.20. The van der Waals surface area contributed by atoms with Crippen molar-refractivity contribution in [3.8, 4) is 0 Å². The monoisotopic (exact) mass is 299 g/mol. The van der Waals surface area contributed by atoms with E-state index in [4.69, 9.17) is 0 Å². The lowest BCUT2D eigenvalue weighted by Gasteiger charge is -2.22. The molecule has 1 atom stereocenters. The van der Waals surface area contributed by atoms with E-state index in [1.54, 1.807) is 12.1 Å². The molecule has 0 fully saturated rings. The van der Waals surface area contributed by atoms with Crippen molar-refractivity contribution in [2.45, 2.75) is 51.6 Å². The predicted octanol–water partition coefficient (Wildman–Crippen LogP) is 2.62. The zero-order valence-corrected chi connectivity index (χ0v) is 13.5. The van der Waals surface area contributed by atoms with E-state index in [0.717, 1.165) is 12.8 Å². The number of aromatic nitrogens is 1. The Morgan fingerprint density at radius 3 is 2.45 bits per heavy atom. The van der Waals surface area contributed by atoms with E-state index in [2.05, 4.69) is 28.9 Å². The number of hydrogen-bond acceptors (Lipinski definition) is 4. The molecule has 0 spiro atoms. The highest BCUT2D eigenvalue weighted by molar-refractivity contribution is 7.89. The van der Waals surface area contributed by atoms with Gasteiger partial charge in [-0.05, 0) is 31.9 Å². The molecular weight excluding hydrogens is 274 g/mol. The molecule has 1 unspecified atom stereocenters. The summed E-state index contributed by atoms with van der Waals surface area (Å²) < 4.78 is 27.7. The third kappa shape index (κ3) is 4.18. The Balaban J connectivity index is 2.99.